The highest BCUT2D eigenvalue weighted by molar-refractivity contribution is 6.21. The summed E-state index contributed by atoms with van der Waals surface area (Å²) >= 11 is 0. The van der Waals surface area contributed by atoms with E-state index in [9.17, 15) is 14.4 Å². The largest absolute Gasteiger partial charge is 0.458 e. The van der Waals surface area contributed by atoms with Gasteiger partial charge >= 0.3 is 5.97 Å². The number of carbonyl (C=O) groups is 3. The second-order valence-electron chi connectivity index (χ2n) is 12.6. The van der Waals surface area contributed by atoms with Crippen molar-refractivity contribution in [2.75, 3.05) is 6.61 Å². The molecule has 0 bridgehead atoms. The SMILES string of the molecule is CC(=O)O[C@@H]1CC[C@@H](c2ccccc2)N(C(=N[C@H](COCc2ccccc2)C(C)C)c2ccccc2)[C@@H]1N1C(=O)c2ccccc2C1=O. The van der Waals surface area contributed by atoms with Gasteiger partial charge in [0.1, 0.15) is 11.9 Å². The average Bonchev–Trinajstić information content (AvgIpc) is 3.35. The quantitative estimate of drug-likeness (QED) is 0.0796. The van der Waals surface area contributed by atoms with E-state index in [1.54, 1.807) is 24.3 Å². The Labute approximate surface area is 282 Å². The number of rotatable bonds is 10. The maximum absolute atomic E-state index is 14.2. The van der Waals surface area contributed by atoms with Crippen LogP contribution in [0, 0.1) is 5.92 Å². The fourth-order valence-electron chi connectivity index (χ4n) is 6.61. The van der Waals surface area contributed by atoms with E-state index in [0.29, 0.717) is 43.0 Å². The van der Waals surface area contributed by atoms with Crippen LogP contribution in [0.2, 0.25) is 0 Å². The van der Waals surface area contributed by atoms with Crippen LogP contribution in [-0.4, -0.2) is 58.3 Å². The summed E-state index contributed by atoms with van der Waals surface area (Å²) in [5.74, 6) is -0.621. The van der Waals surface area contributed by atoms with Gasteiger partial charge in [0, 0.05) is 12.5 Å². The normalized spacial score (nSPS) is 20.2. The van der Waals surface area contributed by atoms with Crippen LogP contribution in [-0.2, 0) is 20.9 Å². The van der Waals surface area contributed by atoms with E-state index in [1.807, 2.05) is 78.9 Å². The second kappa shape index (κ2) is 14.8. The van der Waals surface area contributed by atoms with Crippen LogP contribution in [0.1, 0.15) is 77.1 Å². The number of hydrogen-bond acceptors (Lipinski definition) is 6. The van der Waals surface area contributed by atoms with Crippen molar-refractivity contribution in [2.45, 2.75) is 64.6 Å². The van der Waals surface area contributed by atoms with E-state index in [4.69, 9.17) is 14.5 Å². The Bertz CT molecular complexity index is 1720. The number of imide groups is 1. The Morgan fingerprint density at radius 1 is 0.792 bits per heavy atom. The molecule has 2 aliphatic heterocycles. The third kappa shape index (κ3) is 6.94. The van der Waals surface area contributed by atoms with Crippen LogP contribution in [0.25, 0.3) is 0 Å². The molecule has 2 heterocycles. The minimum Gasteiger partial charge on any atom is -0.458 e. The number of hydrogen-bond donors (Lipinski definition) is 0. The third-order valence-corrected chi connectivity index (χ3v) is 9.00. The topological polar surface area (TPSA) is 88.5 Å². The third-order valence-electron chi connectivity index (χ3n) is 9.00. The summed E-state index contributed by atoms with van der Waals surface area (Å²) in [5.41, 5.74) is 3.56. The summed E-state index contributed by atoms with van der Waals surface area (Å²) in [7, 11) is 0. The van der Waals surface area contributed by atoms with Crippen molar-refractivity contribution in [1.82, 2.24) is 9.80 Å². The molecule has 6 rings (SSSR count). The van der Waals surface area contributed by atoms with Crippen molar-refractivity contribution in [3.05, 3.63) is 143 Å². The fourth-order valence-corrected chi connectivity index (χ4v) is 6.61. The Balaban J connectivity index is 1.51. The molecule has 4 aromatic carbocycles. The molecule has 0 unspecified atom stereocenters. The van der Waals surface area contributed by atoms with Crippen LogP contribution in [0.15, 0.2) is 120 Å². The number of carbonyl (C=O) groups excluding carboxylic acids is 3. The maximum Gasteiger partial charge on any atom is 0.303 e. The molecule has 4 aromatic rings. The molecule has 0 aliphatic carbocycles. The van der Waals surface area contributed by atoms with E-state index >= 15 is 0 Å². The van der Waals surface area contributed by atoms with Crippen molar-refractivity contribution in [1.29, 1.82) is 0 Å². The predicted molar refractivity (Wildman–Crippen MR) is 184 cm³/mol. The van der Waals surface area contributed by atoms with Gasteiger partial charge < -0.3 is 14.4 Å². The molecule has 8 heteroatoms. The molecule has 4 atom stereocenters. The molecule has 0 radical (unpaired) electrons. The number of nitrogens with zero attached hydrogens (tertiary/aromatic N) is 3. The van der Waals surface area contributed by atoms with Crippen LogP contribution in [0.3, 0.4) is 0 Å². The first-order chi connectivity index (χ1) is 23.3. The Morgan fingerprint density at radius 2 is 1.35 bits per heavy atom. The fraction of sp³-hybridized carbons (Fsp3) is 0.300. The van der Waals surface area contributed by atoms with Gasteiger partial charge in [-0.3, -0.25) is 19.4 Å². The lowest BCUT2D eigenvalue weighted by Gasteiger charge is -2.50. The summed E-state index contributed by atoms with van der Waals surface area (Å²) < 4.78 is 12.2. The lowest BCUT2D eigenvalue weighted by Crippen LogP contribution is -2.63. The number of piperidine rings is 1. The van der Waals surface area contributed by atoms with E-state index < -0.39 is 30.1 Å². The van der Waals surface area contributed by atoms with Crippen molar-refractivity contribution in [2.24, 2.45) is 10.9 Å². The molecular weight excluding hydrogens is 602 g/mol. The van der Waals surface area contributed by atoms with Crippen LogP contribution in [0.5, 0.6) is 0 Å². The van der Waals surface area contributed by atoms with Gasteiger partial charge in [0.05, 0.1) is 36.4 Å². The van der Waals surface area contributed by atoms with Gasteiger partial charge in [0.25, 0.3) is 11.8 Å². The second-order valence-corrected chi connectivity index (χ2v) is 12.6. The first kappa shape index (κ1) is 32.8. The van der Waals surface area contributed by atoms with Gasteiger partial charge in [-0.05, 0) is 42.0 Å². The van der Waals surface area contributed by atoms with Crippen molar-refractivity contribution >= 4 is 23.6 Å². The Kier molecular flexibility index (Phi) is 10.1. The maximum atomic E-state index is 14.2. The Hall–Kier alpha value is -5.08. The van der Waals surface area contributed by atoms with E-state index in [-0.39, 0.29) is 18.0 Å². The number of fused-ring (bicyclic) bond motifs is 1. The van der Waals surface area contributed by atoms with Gasteiger partial charge in [0.2, 0.25) is 0 Å². The molecule has 0 aromatic heterocycles. The predicted octanol–water partition coefficient (Wildman–Crippen LogP) is 7.07. The van der Waals surface area contributed by atoms with Gasteiger partial charge in [-0.1, -0.05) is 117 Å². The first-order valence-electron chi connectivity index (χ1n) is 16.6. The van der Waals surface area contributed by atoms with Crippen LogP contribution in [0.4, 0.5) is 0 Å². The van der Waals surface area contributed by atoms with Crippen molar-refractivity contribution < 1.29 is 23.9 Å². The van der Waals surface area contributed by atoms with Gasteiger partial charge in [-0.15, -0.1) is 0 Å². The van der Waals surface area contributed by atoms with Gasteiger partial charge in [-0.2, -0.15) is 0 Å². The highest BCUT2D eigenvalue weighted by Crippen LogP contribution is 2.41. The summed E-state index contributed by atoms with van der Waals surface area (Å²) in [6.45, 7) is 6.38. The number of esters is 1. The molecule has 246 valence electrons. The Morgan fingerprint density at radius 3 is 1.94 bits per heavy atom. The molecule has 1 fully saturated rings. The molecule has 1 saturated heterocycles. The minimum absolute atomic E-state index is 0.0986. The summed E-state index contributed by atoms with van der Waals surface area (Å²) in [6.07, 6.45) is -0.698. The number of ether oxygens (including phenoxy) is 2. The smallest absolute Gasteiger partial charge is 0.303 e. The standard InChI is InChI=1S/C40H41N3O5/c1-27(2)34(26-47-25-29-15-7-4-8-16-29)41-37(31-19-11-6-12-20-31)42-35(30-17-9-5-10-18-30)23-24-36(48-28(3)44)38(42)43-39(45)32-21-13-14-22-33(32)40(43)46/h4-22,27,34-36,38H,23-26H2,1-3H3/t34-,35+,36-,38-/m1/s1. The number of likely N-dealkylation sites (tertiary alicyclic amines) is 1. The molecule has 0 saturated carbocycles. The zero-order valence-corrected chi connectivity index (χ0v) is 27.6. The minimum atomic E-state index is -0.961. The highest BCUT2D eigenvalue weighted by atomic mass is 16.5. The number of aliphatic imine (C=N–C) groups is 1. The number of amidine groups is 1. The number of benzene rings is 4. The molecule has 8 nitrogen and oxygen atoms in total. The molecule has 2 amide bonds. The van der Waals surface area contributed by atoms with Crippen molar-refractivity contribution in [3.63, 3.8) is 0 Å². The van der Waals surface area contributed by atoms with Gasteiger partial charge in [-0.25, -0.2) is 4.90 Å². The first-order valence-corrected chi connectivity index (χ1v) is 16.6. The molecule has 48 heavy (non-hydrogen) atoms. The molecule has 0 N–H and O–H groups in total. The molecule has 0 spiro atoms. The van der Waals surface area contributed by atoms with E-state index in [1.165, 1.54) is 11.8 Å². The highest BCUT2D eigenvalue weighted by Gasteiger charge is 2.51. The monoisotopic (exact) mass is 643 g/mol. The average molecular weight is 644 g/mol. The van der Waals surface area contributed by atoms with Crippen LogP contribution < -0.4 is 0 Å². The summed E-state index contributed by atoms with van der Waals surface area (Å²) in [5, 5.41) is 0. The zero-order valence-electron chi connectivity index (χ0n) is 27.6. The molecular formula is C40H41N3O5. The lowest BCUT2D eigenvalue weighted by molar-refractivity contribution is -0.156. The van der Waals surface area contributed by atoms with E-state index in [2.05, 4.69) is 30.9 Å². The van der Waals surface area contributed by atoms with Gasteiger partial charge in [0.15, 0.2) is 6.17 Å². The van der Waals surface area contributed by atoms with E-state index in [0.717, 1.165) is 16.7 Å². The molecule has 2 aliphatic rings. The van der Waals surface area contributed by atoms with Crippen molar-refractivity contribution in [3.8, 4) is 0 Å². The lowest BCUT2D eigenvalue weighted by atomic mass is 9.89. The zero-order chi connectivity index (χ0) is 33.6. The summed E-state index contributed by atoms with van der Waals surface area (Å²) in [6, 6.07) is 36.1. The number of amides is 2. The van der Waals surface area contributed by atoms with Crippen LogP contribution >= 0.6 is 0 Å². The summed E-state index contributed by atoms with van der Waals surface area (Å²) in [4.78, 5) is 49.7.